The SMILES string of the molecule is CCOCCCN1C(=O)/C(=C\c2c(N3CCN(c4ccccc4F)CC3)nc3c(C)cccn3c2=O)SC1=S. The number of nitrogens with zero attached hydrogens (tertiary/aromatic N) is 5. The monoisotopic (exact) mass is 567 g/mol. The Morgan fingerprint density at radius 2 is 1.85 bits per heavy atom. The Balaban J connectivity index is 1.48. The van der Waals surface area contributed by atoms with Gasteiger partial charge in [-0.25, -0.2) is 9.37 Å². The summed E-state index contributed by atoms with van der Waals surface area (Å²) in [6.45, 7) is 7.68. The number of hydrogen-bond donors (Lipinski definition) is 0. The summed E-state index contributed by atoms with van der Waals surface area (Å²) in [6, 6.07) is 10.5. The predicted molar refractivity (Wildman–Crippen MR) is 158 cm³/mol. The number of amides is 1. The molecular weight excluding hydrogens is 537 g/mol. The average molecular weight is 568 g/mol. The number of aromatic nitrogens is 2. The smallest absolute Gasteiger partial charge is 0.267 e. The molecule has 1 amide bonds. The van der Waals surface area contributed by atoms with Crippen LogP contribution in [0, 0.1) is 12.7 Å². The Hall–Kier alpha value is -3.28. The van der Waals surface area contributed by atoms with Gasteiger partial charge in [0.25, 0.3) is 11.5 Å². The molecule has 0 bridgehead atoms. The molecule has 2 aliphatic heterocycles. The van der Waals surface area contributed by atoms with Crippen molar-refractivity contribution in [1.29, 1.82) is 0 Å². The minimum absolute atomic E-state index is 0.217. The van der Waals surface area contributed by atoms with E-state index >= 15 is 0 Å². The number of thioether (sulfide) groups is 1. The van der Waals surface area contributed by atoms with Gasteiger partial charge >= 0.3 is 0 Å². The van der Waals surface area contributed by atoms with E-state index < -0.39 is 0 Å². The number of fused-ring (bicyclic) bond motifs is 1. The van der Waals surface area contributed by atoms with Crippen LogP contribution in [0.5, 0.6) is 0 Å². The summed E-state index contributed by atoms with van der Waals surface area (Å²) >= 11 is 6.68. The van der Waals surface area contributed by atoms with Crippen LogP contribution in [0.3, 0.4) is 0 Å². The molecule has 204 valence electrons. The molecule has 0 saturated carbocycles. The number of carbonyl (C=O) groups excluding carboxylic acids is 1. The molecule has 3 aromatic rings. The highest BCUT2D eigenvalue weighted by Gasteiger charge is 2.33. The molecule has 2 fully saturated rings. The van der Waals surface area contributed by atoms with Crippen molar-refractivity contribution in [2.24, 2.45) is 0 Å². The lowest BCUT2D eigenvalue weighted by molar-refractivity contribution is -0.122. The second-order valence-electron chi connectivity index (χ2n) is 9.35. The standard InChI is InChI=1S/C28H30FN5O3S2/c1-3-37-17-7-12-34-27(36)23(39-28(34)38)18-20-25(30-24-19(2)8-6-11-33(24)26(20)35)32-15-13-31(14-16-32)22-10-5-4-9-21(22)29/h4-6,8-11,18H,3,7,12-17H2,1-2H3/b23-18+. The van der Waals surface area contributed by atoms with E-state index in [0.29, 0.717) is 84.3 Å². The number of rotatable bonds is 8. The maximum Gasteiger partial charge on any atom is 0.267 e. The summed E-state index contributed by atoms with van der Waals surface area (Å²) in [5, 5.41) is 0. The first kappa shape index (κ1) is 27.3. The topological polar surface area (TPSA) is 70.4 Å². The third-order valence-corrected chi connectivity index (χ3v) is 8.24. The number of thiocarbonyl (C=S) groups is 1. The Labute approximate surface area is 236 Å². The van der Waals surface area contributed by atoms with Gasteiger partial charge in [-0.2, -0.15) is 0 Å². The van der Waals surface area contributed by atoms with E-state index in [0.717, 1.165) is 5.56 Å². The molecule has 2 aliphatic rings. The van der Waals surface area contributed by atoms with Crippen molar-refractivity contribution in [2.75, 3.05) is 55.7 Å². The van der Waals surface area contributed by atoms with Crippen LogP contribution < -0.4 is 15.4 Å². The molecule has 0 spiro atoms. The molecule has 4 heterocycles. The fraction of sp³-hybridized carbons (Fsp3) is 0.357. The third kappa shape index (κ3) is 5.57. The Morgan fingerprint density at radius 3 is 2.59 bits per heavy atom. The first-order valence-electron chi connectivity index (χ1n) is 13.0. The lowest BCUT2D eigenvalue weighted by Crippen LogP contribution is -2.47. The largest absolute Gasteiger partial charge is 0.382 e. The summed E-state index contributed by atoms with van der Waals surface area (Å²) in [7, 11) is 0. The molecule has 0 radical (unpaired) electrons. The Morgan fingerprint density at radius 1 is 1.10 bits per heavy atom. The lowest BCUT2D eigenvalue weighted by atomic mass is 10.2. The first-order valence-corrected chi connectivity index (χ1v) is 14.2. The normalized spacial score (nSPS) is 17.2. The fourth-order valence-electron chi connectivity index (χ4n) is 4.83. The van der Waals surface area contributed by atoms with Crippen molar-refractivity contribution < 1.29 is 13.9 Å². The number of anilines is 2. The number of carbonyl (C=O) groups is 1. The zero-order valence-electron chi connectivity index (χ0n) is 21.9. The molecule has 39 heavy (non-hydrogen) atoms. The van der Waals surface area contributed by atoms with Crippen molar-refractivity contribution in [3.8, 4) is 0 Å². The number of hydrogen-bond acceptors (Lipinski definition) is 8. The summed E-state index contributed by atoms with van der Waals surface area (Å²) < 4.78 is 21.8. The Kier molecular flexibility index (Phi) is 8.29. The minimum Gasteiger partial charge on any atom is -0.382 e. The molecule has 0 unspecified atom stereocenters. The van der Waals surface area contributed by atoms with Crippen LogP contribution in [0.25, 0.3) is 11.7 Å². The van der Waals surface area contributed by atoms with E-state index in [4.69, 9.17) is 21.9 Å². The van der Waals surface area contributed by atoms with E-state index in [-0.39, 0.29) is 17.3 Å². The molecule has 0 atom stereocenters. The van der Waals surface area contributed by atoms with Crippen molar-refractivity contribution in [2.45, 2.75) is 20.3 Å². The van der Waals surface area contributed by atoms with Gasteiger partial charge in [-0.3, -0.25) is 18.9 Å². The van der Waals surface area contributed by atoms with Crippen molar-refractivity contribution in [3.05, 3.63) is 74.8 Å². The molecule has 0 aliphatic carbocycles. The van der Waals surface area contributed by atoms with Gasteiger partial charge in [0.05, 0.1) is 16.2 Å². The van der Waals surface area contributed by atoms with E-state index in [1.165, 1.54) is 22.2 Å². The molecule has 8 nitrogen and oxygen atoms in total. The lowest BCUT2D eigenvalue weighted by Gasteiger charge is -2.37. The van der Waals surface area contributed by atoms with Gasteiger partial charge in [0.1, 0.15) is 21.6 Å². The van der Waals surface area contributed by atoms with E-state index in [1.807, 2.05) is 35.8 Å². The van der Waals surface area contributed by atoms with Crippen molar-refractivity contribution >= 4 is 57.4 Å². The van der Waals surface area contributed by atoms with Gasteiger partial charge in [0.15, 0.2) is 0 Å². The molecule has 2 saturated heterocycles. The third-order valence-electron chi connectivity index (χ3n) is 6.86. The Bertz CT molecular complexity index is 1500. The molecule has 11 heteroatoms. The fourth-order valence-corrected chi connectivity index (χ4v) is 6.12. The number of aryl methyl sites for hydroxylation is 1. The van der Waals surface area contributed by atoms with Crippen LogP contribution >= 0.6 is 24.0 Å². The average Bonchev–Trinajstić information content (AvgIpc) is 3.20. The van der Waals surface area contributed by atoms with Gasteiger partial charge in [-0.15, -0.1) is 0 Å². The highest BCUT2D eigenvalue weighted by atomic mass is 32.2. The van der Waals surface area contributed by atoms with Crippen LogP contribution in [0.1, 0.15) is 24.5 Å². The van der Waals surface area contributed by atoms with E-state index in [2.05, 4.69) is 0 Å². The predicted octanol–water partition coefficient (Wildman–Crippen LogP) is 4.10. The van der Waals surface area contributed by atoms with Crippen LogP contribution in [0.2, 0.25) is 0 Å². The van der Waals surface area contributed by atoms with Crippen LogP contribution in [-0.2, 0) is 9.53 Å². The van der Waals surface area contributed by atoms with E-state index in [9.17, 15) is 14.0 Å². The van der Waals surface area contributed by atoms with Crippen molar-refractivity contribution in [3.63, 3.8) is 0 Å². The number of para-hydroxylation sites is 1. The van der Waals surface area contributed by atoms with Crippen molar-refractivity contribution in [1.82, 2.24) is 14.3 Å². The minimum atomic E-state index is -0.257. The summed E-state index contributed by atoms with van der Waals surface area (Å²) in [6.07, 6.45) is 3.99. The molecular formula is C28H30FN5O3S2. The van der Waals surface area contributed by atoms with Gasteiger partial charge in [-0.1, -0.05) is 42.2 Å². The maximum atomic E-state index is 14.4. The number of pyridine rings is 1. The highest BCUT2D eigenvalue weighted by Crippen LogP contribution is 2.34. The van der Waals surface area contributed by atoms with Crippen LogP contribution in [-0.4, -0.2) is 70.4 Å². The second kappa shape index (κ2) is 11.8. The summed E-state index contributed by atoms with van der Waals surface area (Å²) in [5.41, 5.74) is 2.08. The zero-order chi connectivity index (χ0) is 27.5. The number of piperazine rings is 1. The molecule has 1 aromatic carbocycles. The molecule has 5 rings (SSSR count). The molecule has 0 N–H and O–H groups in total. The van der Waals surface area contributed by atoms with Gasteiger partial charge in [0, 0.05) is 52.1 Å². The summed E-state index contributed by atoms with van der Waals surface area (Å²) in [4.78, 5) is 38.0. The first-order chi connectivity index (χ1) is 18.9. The second-order valence-corrected chi connectivity index (χ2v) is 11.0. The van der Waals surface area contributed by atoms with E-state index in [1.54, 1.807) is 35.4 Å². The molecule has 2 aromatic heterocycles. The van der Waals surface area contributed by atoms with Gasteiger partial charge < -0.3 is 14.5 Å². The summed E-state index contributed by atoms with van der Waals surface area (Å²) in [5.74, 6) is 0.0438. The zero-order valence-corrected chi connectivity index (χ0v) is 23.6. The number of halogens is 1. The number of benzene rings is 1. The van der Waals surface area contributed by atoms with Crippen LogP contribution in [0.15, 0.2) is 52.3 Å². The number of ether oxygens (including phenoxy) is 1. The maximum absolute atomic E-state index is 14.4. The van der Waals surface area contributed by atoms with Gasteiger partial charge in [-0.05, 0) is 50.1 Å². The highest BCUT2D eigenvalue weighted by molar-refractivity contribution is 8.26. The van der Waals surface area contributed by atoms with Crippen LogP contribution in [0.4, 0.5) is 15.9 Å². The van der Waals surface area contributed by atoms with Gasteiger partial charge in [0.2, 0.25) is 0 Å². The quantitative estimate of drug-likeness (QED) is 0.229.